The predicted molar refractivity (Wildman–Crippen MR) is 94.1 cm³/mol. The number of rotatable bonds is 4. The van der Waals surface area contributed by atoms with E-state index in [9.17, 15) is 9.59 Å². The molecular weight excluding hydrogens is 350 g/mol. The normalized spacial score (nSPS) is 23.1. The highest BCUT2D eigenvalue weighted by Crippen LogP contribution is 2.44. The van der Waals surface area contributed by atoms with E-state index >= 15 is 0 Å². The predicted octanol–water partition coefficient (Wildman–Crippen LogP) is 2.16. The maximum absolute atomic E-state index is 12.6. The van der Waals surface area contributed by atoms with E-state index in [0.29, 0.717) is 19.0 Å². The molecule has 1 spiro atoms. The molecule has 8 heteroatoms. The fourth-order valence-electron chi connectivity index (χ4n) is 3.69. The van der Waals surface area contributed by atoms with Crippen molar-refractivity contribution in [3.63, 3.8) is 0 Å². The number of ether oxygens (including phenoxy) is 3. The van der Waals surface area contributed by atoms with E-state index in [2.05, 4.69) is 4.98 Å². The number of likely N-dealkylation sites (tertiary alicyclic amines) is 1. The quantitative estimate of drug-likeness (QED) is 0.766. The Labute approximate surface area is 156 Å². The summed E-state index contributed by atoms with van der Waals surface area (Å²) in [5.41, 5.74) is 0.0446. The van der Waals surface area contributed by atoms with Crippen LogP contribution in [0.5, 0.6) is 6.01 Å². The van der Waals surface area contributed by atoms with Gasteiger partial charge in [0.1, 0.15) is 6.61 Å². The van der Waals surface area contributed by atoms with Crippen LogP contribution in [-0.4, -0.2) is 51.8 Å². The molecule has 2 aliphatic rings. The van der Waals surface area contributed by atoms with Gasteiger partial charge in [0.25, 0.3) is 6.01 Å². The molecule has 3 heterocycles. The van der Waals surface area contributed by atoms with Gasteiger partial charge in [-0.3, -0.25) is 4.57 Å². The van der Waals surface area contributed by atoms with Crippen LogP contribution in [0.1, 0.15) is 24.9 Å². The van der Waals surface area contributed by atoms with Crippen LogP contribution in [0.25, 0.3) is 0 Å². The summed E-state index contributed by atoms with van der Waals surface area (Å²) < 4.78 is 18.3. The van der Waals surface area contributed by atoms with Crippen LogP contribution in [0.4, 0.5) is 4.79 Å². The Kier molecular flexibility index (Phi) is 4.47. The number of carbonyl (C=O) groups excluding carboxylic acids is 2. The number of carbonyl (C=O) groups is 2. The second kappa shape index (κ2) is 6.94. The van der Waals surface area contributed by atoms with Crippen LogP contribution >= 0.6 is 0 Å². The summed E-state index contributed by atoms with van der Waals surface area (Å²) in [7, 11) is 0. The van der Waals surface area contributed by atoms with Crippen LogP contribution in [0, 0.1) is 0 Å². The van der Waals surface area contributed by atoms with Gasteiger partial charge in [-0.1, -0.05) is 30.3 Å². The molecular formula is C19H21N3O5. The van der Waals surface area contributed by atoms with E-state index in [1.54, 1.807) is 28.8 Å². The number of benzene rings is 1. The summed E-state index contributed by atoms with van der Waals surface area (Å²) in [5, 5.41) is 0. The van der Waals surface area contributed by atoms with E-state index in [4.69, 9.17) is 14.2 Å². The highest BCUT2D eigenvalue weighted by molar-refractivity contribution is 5.77. The molecule has 4 rings (SSSR count). The summed E-state index contributed by atoms with van der Waals surface area (Å²) in [6, 6.07) is 9.20. The largest absolute Gasteiger partial charge is 0.464 e. The molecule has 27 heavy (non-hydrogen) atoms. The van der Waals surface area contributed by atoms with Crippen LogP contribution in [0.3, 0.4) is 0 Å². The molecule has 1 aromatic heterocycles. The third-order valence-electron chi connectivity index (χ3n) is 4.94. The first kappa shape index (κ1) is 17.4. The first-order valence-corrected chi connectivity index (χ1v) is 8.97. The zero-order valence-corrected chi connectivity index (χ0v) is 15.0. The van der Waals surface area contributed by atoms with Gasteiger partial charge < -0.3 is 19.1 Å². The molecule has 1 amide bonds. The molecule has 2 atom stereocenters. The molecule has 2 aromatic rings. The number of fused-ring (bicyclic) bond motifs is 1. The Bertz CT molecular complexity index is 837. The monoisotopic (exact) mass is 371 g/mol. The molecule has 0 saturated carbocycles. The molecule has 0 radical (unpaired) electrons. The fraction of sp³-hybridized carbons (Fsp3) is 0.421. The Hall–Kier alpha value is -3.03. The minimum atomic E-state index is -0.873. The molecule has 0 N–H and O–H groups in total. The van der Waals surface area contributed by atoms with Crippen molar-refractivity contribution in [3.8, 4) is 6.01 Å². The summed E-state index contributed by atoms with van der Waals surface area (Å²) in [6.07, 6.45) is 3.35. The second-order valence-electron chi connectivity index (χ2n) is 6.65. The molecule has 1 saturated heterocycles. The minimum Gasteiger partial charge on any atom is -0.464 e. The van der Waals surface area contributed by atoms with E-state index in [1.165, 1.54) is 0 Å². The van der Waals surface area contributed by atoms with Gasteiger partial charge in [-0.25, -0.2) is 14.6 Å². The minimum absolute atomic E-state index is 0.201. The Balaban J connectivity index is 1.46. The highest BCUT2D eigenvalue weighted by Gasteiger charge is 2.58. The summed E-state index contributed by atoms with van der Waals surface area (Å²) in [6.45, 7) is 2.92. The molecule has 0 bridgehead atoms. The topological polar surface area (TPSA) is 82.9 Å². The molecule has 142 valence electrons. The molecule has 1 fully saturated rings. The molecule has 2 unspecified atom stereocenters. The number of aromatic nitrogens is 2. The molecule has 0 aliphatic carbocycles. The Morgan fingerprint density at radius 1 is 1.30 bits per heavy atom. The standard InChI is InChI=1S/C19H21N3O5/c1-2-25-16(23)15-19(27-17-20-9-11-22(15)17)8-10-21(13-19)18(24)26-12-14-6-4-3-5-7-14/h3-7,9,11,15H,2,8,10,12-13H2,1H3. The first-order valence-electron chi connectivity index (χ1n) is 8.97. The zero-order chi connectivity index (χ0) is 18.9. The van der Waals surface area contributed by atoms with Crippen molar-refractivity contribution in [2.45, 2.75) is 31.6 Å². The number of imidazole rings is 1. The van der Waals surface area contributed by atoms with Crippen LogP contribution in [-0.2, 0) is 20.9 Å². The van der Waals surface area contributed by atoms with Gasteiger partial charge in [-0.2, -0.15) is 0 Å². The highest BCUT2D eigenvalue weighted by atomic mass is 16.6. The van der Waals surface area contributed by atoms with E-state index in [-0.39, 0.29) is 25.7 Å². The number of esters is 1. The summed E-state index contributed by atoms with van der Waals surface area (Å²) in [5.74, 6) is -0.381. The Morgan fingerprint density at radius 3 is 2.89 bits per heavy atom. The average molecular weight is 371 g/mol. The van der Waals surface area contributed by atoms with Crippen molar-refractivity contribution < 1.29 is 23.8 Å². The first-order chi connectivity index (χ1) is 13.1. The number of nitrogens with zero attached hydrogens (tertiary/aromatic N) is 3. The lowest BCUT2D eigenvalue weighted by molar-refractivity contribution is -0.151. The zero-order valence-electron chi connectivity index (χ0n) is 15.0. The van der Waals surface area contributed by atoms with Crippen molar-refractivity contribution in [1.82, 2.24) is 14.5 Å². The van der Waals surface area contributed by atoms with E-state index in [0.717, 1.165) is 5.56 Å². The van der Waals surface area contributed by atoms with Crippen molar-refractivity contribution in [2.24, 2.45) is 0 Å². The average Bonchev–Trinajstić information content (AvgIpc) is 3.36. The molecule has 1 aromatic carbocycles. The second-order valence-corrected chi connectivity index (χ2v) is 6.65. The smallest absolute Gasteiger partial charge is 0.410 e. The van der Waals surface area contributed by atoms with Crippen LogP contribution in [0.2, 0.25) is 0 Å². The van der Waals surface area contributed by atoms with Gasteiger partial charge >= 0.3 is 12.1 Å². The maximum atomic E-state index is 12.6. The van der Waals surface area contributed by atoms with Gasteiger partial charge in [0.2, 0.25) is 0 Å². The lowest BCUT2D eigenvalue weighted by Crippen LogP contribution is -2.47. The van der Waals surface area contributed by atoms with Crippen molar-refractivity contribution in [3.05, 3.63) is 48.3 Å². The number of hydrogen-bond acceptors (Lipinski definition) is 6. The molecule has 2 aliphatic heterocycles. The van der Waals surface area contributed by atoms with Gasteiger partial charge in [0.15, 0.2) is 11.6 Å². The third-order valence-corrected chi connectivity index (χ3v) is 4.94. The SMILES string of the molecule is CCOC(=O)C1n2ccnc2OC12CCN(C(=O)OCc1ccccc1)C2. The fourth-order valence-corrected chi connectivity index (χ4v) is 3.69. The number of amides is 1. The maximum Gasteiger partial charge on any atom is 0.410 e. The van der Waals surface area contributed by atoms with Crippen molar-refractivity contribution in [1.29, 1.82) is 0 Å². The van der Waals surface area contributed by atoms with Crippen molar-refractivity contribution >= 4 is 12.1 Å². The lowest BCUT2D eigenvalue weighted by atomic mass is 9.93. The van der Waals surface area contributed by atoms with Gasteiger partial charge in [0.05, 0.1) is 13.2 Å². The Morgan fingerprint density at radius 2 is 2.11 bits per heavy atom. The third kappa shape index (κ3) is 3.11. The van der Waals surface area contributed by atoms with Crippen LogP contribution in [0.15, 0.2) is 42.7 Å². The van der Waals surface area contributed by atoms with E-state index < -0.39 is 17.7 Å². The summed E-state index contributed by atoms with van der Waals surface area (Å²) >= 11 is 0. The molecule has 8 nitrogen and oxygen atoms in total. The van der Waals surface area contributed by atoms with Crippen LogP contribution < -0.4 is 4.74 Å². The van der Waals surface area contributed by atoms with Gasteiger partial charge in [-0.05, 0) is 12.5 Å². The lowest BCUT2D eigenvalue weighted by Gasteiger charge is -2.28. The van der Waals surface area contributed by atoms with E-state index in [1.807, 2.05) is 30.3 Å². The van der Waals surface area contributed by atoms with Crippen molar-refractivity contribution in [2.75, 3.05) is 19.7 Å². The number of hydrogen-bond donors (Lipinski definition) is 0. The summed E-state index contributed by atoms with van der Waals surface area (Å²) in [4.78, 5) is 30.8. The van der Waals surface area contributed by atoms with Gasteiger partial charge in [-0.15, -0.1) is 0 Å². The van der Waals surface area contributed by atoms with Gasteiger partial charge in [0, 0.05) is 25.4 Å².